The van der Waals surface area contributed by atoms with E-state index in [1.807, 2.05) is 0 Å². The average molecular weight is 453 g/mol. The minimum absolute atomic E-state index is 0.143. The summed E-state index contributed by atoms with van der Waals surface area (Å²) in [5.74, 6) is -4.22. The molecule has 4 atom stereocenters. The van der Waals surface area contributed by atoms with Crippen molar-refractivity contribution in [1.29, 1.82) is 0 Å². The highest BCUT2D eigenvalue weighted by Gasteiger charge is 2.29. The number of aliphatic carboxylic acids is 2. The molecule has 4 unspecified atom stereocenters. The molecule has 0 saturated carbocycles. The third-order valence-electron chi connectivity index (χ3n) is 3.73. The quantitative estimate of drug-likeness (QED) is 0.153. The van der Waals surface area contributed by atoms with Gasteiger partial charge in [-0.25, -0.2) is 4.79 Å². The molecule has 0 aromatic carbocycles. The summed E-state index contributed by atoms with van der Waals surface area (Å²) in [5, 5.41) is 25.0. The third kappa shape index (κ3) is 10.9. The van der Waals surface area contributed by atoms with E-state index in [2.05, 4.69) is 28.6 Å². The van der Waals surface area contributed by atoms with Crippen molar-refractivity contribution >= 4 is 54.1 Å². The van der Waals surface area contributed by atoms with Gasteiger partial charge in [0, 0.05) is 12.2 Å². The number of carbonyl (C=O) groups is 5. The first-order valence-corrected chi connectivity index (χ1v) is 10.8. The van der Waals surface area contributed by atoms with Crippen LogP contribution in [0.2, 0.25) is 0 Å². The first kappa shape index (κ1) is 27.0. The van der Waals surface area contributed by atoms with Crippen LogP contribution < -0.4 is 21.7 Å². The van der Waals surface area contributed by atoms with Crippen molar-refractivity contribution in [3.63, 3.8) is 0 Å². The van der Waals surface area contributed by atoms with E-state index in [-0.39, 0.29) is 25.0 Å². The summed E-state index contributed by atoms with van der Waals surface area (Å²) < 4.78 is 0. The molecule has 0 aliphatic heterocycles. The lowest BCUT2D eigenvalue weighted by atomic mass is 10.1. The smallest absolute Gasteiger partial charge is 0.327 e. The molecule has 7 N–H and O–H groups in total. The fourth-order valence-electron chi connectivity index (χ4n) is 2.07. The summed E-state index contributed by atoms with van der Waals surface area (Å²) in [5.41, 5.74) is 5.46. The van der Waals surface area contributed by atoms with Gasteiger partial charge in [0.05, 0.1) is 6.04 Å². The van der Waals surface area contributed by atoms with Gasteiger partial charge in [0.2, 0.25) is 17.7 Å². The van der Waals surface area contributed by atoms with Crippen LogP contribution in [0.1, 0.15) is 26.2 Å². The highest BCUT2D eigenvalue weighted by atomic mass is 32.2. The van der Waals surface area contributed by atoms with Gasteiger partial charge in [-0.2, -0.15) is 24.4 Å². The van der Waals surface area contributed by atoms with Crippen molar-refractivity contribution in [2.45, 2.75) is 50.4 Å². The largest absolute Gasteiger partial charge is 0.481 e. The Balaban J connectivity index is 5.31. The van der Waals surface area contributed by atoms with Gasteiger partial charge in [-0.05, 0) is 31.8 Å². The predicted octanol–water partition coefficient (Wildman–Crippen LogP) is -1.58. The fraction of sp³-hybridized carbons (Fsp3) is 0.688. The summed E-state index contributed by atoms with van der Waals surface area (Å²) in [6.07, 6.45) is 1.40. The second-order valence-corrected chi connectivity index (χ2v) is 7.56. The lowest BCUT2D eigenvalue weighted by Gasteiger charge is -2.24. The van der Waals surface area contributed by atoms with Crippen LogP contribution in [-0.4, -0.2) is 81.8 Å². The summed E-state index contributed by atoms with van der Waals surface area (Å²) in [4.78, 5) is 58.8. The van der Waals surface area contributed by atoms with Gasteiger partial charge >= 0.3 is 11.9 Å². The molecule has 0 aromatic heterocycles. The molecule has 0 heterocycles. The Morgan fingerprint density at radius 3 is 1.83 bits per heavy atom. The number of hydrogen-bond acceptors (Lipinski definition) is 8. The summed E-state index contributed by atoms with van der Waals surface area (Å²) in [6.45, 7) is 1.40. The first-order chi connectivity index (χ1) is 13.5. The number of nitrogens with two attached hydrogens (primary N) is 1. The number of carboxylic acid groups (broad SMARTS) is 2. The molecule has 166 valence electrons. The SMILES string of the molecule is CSCCC(NC(=O)C(CCC(=O)O)NC(=O)C(C)N)C(=O)NC(CS)C(=O)O. The molecule has 11 nitrogen and oxygen atoms in total. The highest BCUT2D eigenvalue weighted by molar-refractivity contribution is 7.98. The van der Waals surface area contributed by atoms with Gasteiger partial charge in [0.1, 0.15) is 18.1 Å². The number of carboxylic acids is 2. The molecule has 29 heavy (non-hydrogen) atoms. The number of hydrogen-bond donors (Lipinski definition) is 7. The second kappa shape index (κ2) is 14.1. The van der Waals surface area contributed by atoms with Crippen LogP contribution in [-0.2, 0) is 24.0 Å². The van der Waals surface area contributed by atoms with Crippen molar-refractivity contribution in [2.75, 3.05) is 17.8 Å². The minimum Gasteiger partial charge on any atom is -0.481 e. The Morgan fingerprint density at radius 2 is 1.41 bits per heavy atom. The van der Waals surface area contributed by atoms with E-state index in [1.54, 1.807) is 6.26 Å². The van der Waals surface area contributed by atoms with Crippen molar-refractivity contribution in [3.05, 3.63) is 0 Å². The van der Waals surface area contributed by atoms with E-state index in [0.29, 0.717) is 5.75 Å². The Bertz CT molecular complexity index is 604. The zero-order chi connectivity index (χ0) is 22.6. The highest BCUT2D eigenvalue weighted by Crippen LogP contribution is 2.05. The predicted molar refractivity (Wildman–Crippen MR) is 111 cm³/mol. The zero-order valence-corrected chi connectivity index (χ0v) is 17.9. The van der Waals surface area contributed by atoms with Crippen molar-refractivity contribution < 1.29 is 34.2 Å². The molecule has 3 amide bonds. The van der Waals surface area contributed by atoms with Crippen molar-refractivity contribution in [3.8, 4) is 0 Å². The number of amides is 3. The summed E-state index contributed by atoms with van der Waals surface area (Å²) in [6, 6.07) is -4.44. The third-order valence-corrected chi connectivity index (χ3v) is 4.74. The molecular formula is C16H28N4O7S2. The monoisotopic (exact) mass is 452 g/mol. The van der Waals surface area contributed by atoms with Crippen LogP contribution in [0.3, 0.4) is 0 Å². The number of thiol groups is 1. The Hall–Kier alpha value is -1.99. The molecule has 0 rings (SSSR count). The van der Waals surface area contributed by atoms with E-state index in [1.165, 1.54) is 18.7 Å². The van der Waals surface area contributed by atoms with Gasteiger partial charge < -0.3 is 31.9 Å². The van der Waals surface area contributed by atoms with Gasteiger partial charge in [-0.1, -0.05) is 0 Å². The molecule has 0 radical (unpaired) electrons. The fourth-order valence-corrected chi connectivity index (χ4v) is 2.79. The number of thioether (sulfide) groups is 1. The molecule has 0 saturated heterocycles. The summed E-state index contributed by atoms with van der Waals surface area (Å²) >= 11 is 5.29. The minimum atomic E-state index is -1.27. The van der Waals surface area contributed by atoms with Crippen molar-refractivity contribution in [2.24, 2.45) is 5.73 Å². The van der Waals surface area contributed by atoms with Gasteiger partial charge in [0.25, 0.3) is 0 Å². The summed E-state index contributed by atoms with van der Waals surface area (Å²) in [7, 11) is 0. The van der Waals surface area contributed by atoms with Gasteiger partial charge in [-0.15, -0.1) is 0 Å². The molecule has 0 aliphatic carbocycles. The standard InChI is InChI=1S/C16H28N4O7S2/c1-8(17)13(23)18-9(3-4-12(21)22)14(24)19-10(5-6-29-2)15(25)20-11(7-28)16(26)27/h8-11,28H,3-7,17H2,1-2H3,(H,18,23)(H,19,24)(H,20,25)(H,21,22)(H,26,27). The van der Waals surface area contributed by atoms with Gasteiger partial charge in [0.15, 0.2) is 0 Å². The first-order valence-electron chi connectivity index (χ1n) is 8.74. The second-order valence-electron chi connectivity index (χ2n) is 6.21. The van der Waals surface area contributed by atoms with Crippen LogP contribution in [0.25, 0.3) is 0 Å². The van der Waals surface area contributed by atoms with Crippen molar-refractivity contribution in [1.82, 2.24) is 16.0 Å². The van der Waals surface area contributed by atoms with E-state index in [0.717, 1.165) is 0 Å². The maximum atomic E-state index is 12.6. The van der Waals surface area contributed by atoms with E-state index >= 15 is 0 Å². The Morgan fingerprint density at radius 1 is 0.931 bits per heavy atom. The molecule has 0 aromatic rings. The molecule has 0 spiro atoms. The maximum Gasteiger partial charge on any atom is 0.327 e. The zero-order valence-electron chi connectivity index (χ0n) is 16.2. The average Bonchev–Trinajstić information content (AvgIpc) is 2.64. The Kier molecular flexibility index (Phi) is 13.1. The molecule has 0 aliphatic rings. The van der Waals surface area contributed by atoms with Crippen LogP contribution in [0.5, 0.6) is 0 Å². The molecule has 13 heteroatoms. The van der Waals surface area contributed by atoms with E-state index < -0.39 is 53.8 Å². The van der Waals surface area contributed by atoms with Crippen LogP contribution in [0, 0.1) is 0 Å². The Labute approximate surface area is 178 Å². The van der Waals surface area contributed by atoms with Crippen LogP contribution in [0.15, 0.2) is 0 Å². The van der Waals surface area contributed by atoms with E-state index in [9.17, 15) is 24.0 Å². The number of nitrogens with one attached hydrogen (secondary N) is 3. The number of carbonyl (C=O) groups excluding carboxylic acids is 3. The maximum absolute atomic E-state index is 12.6. The topological polar surface area (TPSA) is 188 Å². The lowest BCUT2D eigenvalue weighted by Crippen LogP contribution is -2.57. The molecule has 0 fully saturated rings. The van der Waals surface area contributed by atoms with Gasteiger partial charge in [-0.3, -0.25) is 19.2 Å². The normalized spacial score (nSPS) is 14.8. The van der Waals surface area contributed by atoms with Crippen LogP contribution in [0.4, 0.5) is 0 Å². The molecule has 0 bridgehead atoms. The van der Waals surface area contributed by atoms with E-state index in [4.69, 9.17) is 15.9 Å². The number of rotatable bonds is 14. The lowest BCUT2D eigenvalue weighted by molar-refractivity contribution is -0.141. The molecular weight excluding hydrogens is 424 g/mol. The van der Waals surface area contributed by atoms with Crippen LogP contribution >= 0.6 is 24.4 Å².